The quantitative estimate of drug-likeness (QED) is 0.500. The summed E-state index contributed by atoms with van der Waals surface area (Å²) < 4.78 is 6.05. The van der Waals surface area contributed by atoms with E-state index in [0.717, 1.165) is 48.3 Å². The van der Waals surface area contributed by atoms with Crippen LogP contribution >= 0.6 is 11.6 Å². The molecule has 0 unspecified atom stereocenters. The number of para-hydroxylation sites is 1. The van der Waals surface area contributed by atoms with Gasteiger partial charge in [-0.2, -0.15) is 0 Å². The number of hydrogen-bond donors (Lipinski definition) is 1. The molecule has 0 aromatic heterocycles. The van der Waals surface area contributed by atoms with Crippen LogP contribution < -0.4 is 10.1 Å². The van der Waals surface area contributed by atoms with Crippen molar-refractivity contribution in [1.82, 2.24) is 4.90 Å². The number of benzene rings is 2. The van der Waals surface area contributed by atoms with Crippen LogP contribution in [-0.2, 0) is 14.4 Å². The van der Waals surface area contributed by atoms with Gasteiger partial charge in [0, 0.05) is 64.1 Å². The molecule has 1 amide bonds. The number of rotatable bonds is 6. The molecule has 2 aromatic carbocycles. The first-order valence-corrected chi connectivity index (χ1v) is 13.3. The number of nitrogens with one attached hydrogen (secondary N) is 1. The van der Waals surface area contributed by atoms with E-state index in [2.05, 4.69) is 17.1 Å². The normalized spacial score (nSPS) is 18.1. The molecule has 1 aliphatic heterocycles. The lowest BCUT2D eigenvalue weighted by Gasteiger charge is -2.43. The highest BCUT2D eigenvalue weighted by molar-refractivity contribution is 6.30. The third-order valence-electron chi connectivity index (χ3n) is 7.46. The Hall–Kier alpha value is -3.38. The fourth-order valence-electron chi connectivity index (χ4n) is 5.83. The summed E-state index contributed by atoms with van der Waals surface area (Å²) in [7, 11) is 0. The standard InChI is InChI=1S/C30H31ClN2O4/c1-3-33-22-10-6-12-24(34)29(22)28(30-23(33)11-7-13-25(30)35)20-16-19(31)14-15-26(20)37-17-27(36)32-21-9-5-4-8-18(21)2/h4-5,8-9,14-16,28H,3,6-7,10-13,17H2,1-2H3,(H,32,36). The molecule has 0 atom stereocenters. The number of nitrogens with zero attached hydrogens (tertiary/aromatic N) is 1. The van der Waals surface area contributed by atoms with Gasteiger partial charge in [-0.3, -0.25) is 14.4 Å². The van der Waals surface area contributed by atoms with Crippen LogP contribution in [0.15, 0.2) is 65.0 Å². The van der Waals surface area contributed by atoms with Crippen molar-refractivity contribution in [2.75, 3.05) is 18.5 Å². The first-order valence-electron chi connectivity index (χ1n) is 13.0. The number of aryl methyl sites for hydroxylation is 1. The van der Waals surface area contributed by atoms with Crippen molar-refractivity contribution in [1.29, 1.82) is 0 Å². The second kappa shape index (κ2) is 10.5. The number of halogens is 1. The molecule has 0 saturated heterocycles. The molecule has 0 radical (unpaired) electrons. The van der Waals surface area contributed by atoms with Crippen molar-refractivity contribution in [3.63, 3.8) is 0 Å². The van der Waals surface area contributed by atoms with Crippen molar-refractivity contribution < 1.29 is 19.1 Å². The van der Waals surface area contributed by atoms with E-state index in [9.17, 15) is 14.4 Å². The third-order valence-corrected chi connectivity index (χ3v) is 7.70. The Kier molecular flexibility index (Phi) is 7.20. The maximum Gasteiger partial charge on any atom is 0.262 e. The molecule has 0 spiro atoms. The van der Waals surface area contributed by atoms with Gasteiger partial charge in [0.2, 0.25) is 0 Å². The predicted octanol–water partition coefficient (Wildman–Crippen LogP) is 6.10. The van der Waals surface area contributed by atoms with Crippen molar-refractivity contribution in [2.24, 2.45) is 0 Å². The average Bonchev–Trinajstić information content (AvgIpc) is 2.88. The third kappa shape index (κ3) is 4.82. The monoisotopic (exact) mass is 518 g/mol. The van der Waals surface area contributed by atoms with Gasteiger partial charge in [-0.15, -0.1) is 0 Å². The Morgan fingerprint density at radius 1 is 1.00 bits per heavy atom. The van der Waals surface area contributed by atoms with Crippen LogP contribution in [0.1, 0.15) is 62.5 Å². The van der Waals surface area contributed by atoms with E-state index in [1.54, 1.807) is 18.2 Å². The second-order valence-electron chi connectivity index (χ2n) is 9.79. The maximum absolute atomic E-state index is 13.4. The minimum absolute atomic E-state index is 0.0674. The average molecular weight is 519 g/mol. The van der Waals surface area contributed by atoms with Crippen molar-refractivity contribution in [3.8, 4) is 5.75 Å². The molecule has 5 rings (SSSR count). The van der Waals surface area contributed by atoms with Gasteiger partial charge in [-0.05, 0) is 69.4 Å². The van der Waals surface area contributed by atoms with E-state index in [1.165, 1.54) is 0 Å². The zero-order chi connectivity index (χ0) is 26.1. The molecular weight excluding hydrogens is 488 g/mol. The Morgan fingerprint density at radius 3 is 2.27 bits per heavy atom. The van der Waals surface area contributed by atoms with E-state index in [-0.39, 0.29) is 24.1 Å². The SMILES string of the molecule is CCN1C2=C(C(=O)CCC2)C(c2cc(Cl)ccc2OCC(=O)Nc2ccccc2C)C2=C1CCCC2=O. The molecule has 7 heteroatoms. The van der Waals surface area contributed by atoms with Crippen molar-refractivity contribution >= 4 is 34.8 Å². The first-order chi connectivity index (χ1) is 17.9. The summed E-state index contributed by atoms with van der Waals surface area (Å²) in [6, 6.07) is 12.8. The summed E-state index contributed by atoms with van der Waals surface area (Å²) in [6.45, 7) is 4.49. The molecule has 192 valence electrons. The minimum Gasteiger partial charge on any atom is -0.483 e. The summed E-state index contributed by atoms with van der Waals surface area (Å²) in [5, 5.41) is 3.37. The van der Waals surface area contributed by atoms with Crippen molar-refractivity contribution in [3.05, 3.63) is 81.2 Å². The molecule has 0 saturated carbocycles. The van der Waals surface area contributed by atoms with Crippen LogP contribution in [0.5, 0.6) is 5.75 Å². The smallest absolute Gasteiger partial charge is 0.262 e. The Bertz CT molecular complexity index is 1300. The molecule has 6 nitrogen and oxygen atoms in total. The van der Waals surface area contributed by atoms with E-state index < -0.39 is 5.92 Å². The molecule has 0 bridgehead atoms. The molecular formula is C30H31ClN2O4. The molecule has 3 aliphatic rings. The number of allylic oxidation sites excluding steroid dienone is 4. The van der Waals surface area contributed by atoms with Gasteiger partial charge >= 0.3 is 0 Å². The van der Waals surface area contributed by atoms with E-state index in [4.69, 9.17) is 16.3 Å². The Morgan fingerprint density at radius 2 is 1.65 bits per heavy atom. The van der Waals surface area contributed by atoms with Gasteiger partial charge in [0.1, 0.15) is 5.75 Å². The predicted molar refractivity (Wildman–Crippen MR) is 144 cm³/mol. The second-order valence-corrected chi connectivity index (χ2v) is 10.2. The lowest BCUT2D eigenvalue weighted by atomic mass is 9.70. The largest absolute Gasteiger partial charge is 0.483 e. The number of amides is 1. The summed E-state index contributed by atoms with van der Waals surface area (Å²) in [5.74, 6) is -0.245. The van der Waals surface area contributed by atoms with Crippen LogP contribution in [0.4, 0.5) is 5.69 Å². The van der Waals surface area contributed by atoms with E-state index in [1.807, 2.05) is 31.2 Å². The van der Waals surface area contributed by atoms with Gasteiger partial charge in [0.15, 0.2) is 18.2 Å². The highest BCUT2D eigenvalue weighted by Gasteiger charge is 2.43. The highest BCUT2D eigenvalue weighted by Crippen LogP contribution is 2.51. The Balaban J connectivity index is 1.54. The summed E-state index contributed by atoms with van der Waals surface area (Å²) in [4.78, 5) is 41.7. The number of Topliss-reactive ketones (excluding diaryl/α,β-unsaturated/α-hetero) is 2. The van der Waals surface area contributed by atoms with E-state index >= 15 is 0 Å². The van der Waals surface area contributed by atoms with Gasteiger partial charge in [0.25, 0.3) is 5.91 Å². The van der Waals surface area contributed by atoms with E-state index in [0.29, 0.717) is 46.9 Å². The lowest BCUT2D eigenvalue weighted by molar-refractivity contribution is -0.119. The molecule has 1 heterocycles. The number of carbonyl (C=O) groups excluding carboxylic acids is 3. The van der Waals surface area contributed by atoms with Crippen LogP contribution in [0.2, 0.25) is 5.02 Å². The van der Waals surface area contributed by atoms with Crippen LogP contribution in [0.3, 0.4) is 0 Å². The molecule has 2 aliphatic carbocycles. The number of carbonyl (C=O) groups is 3. The number of ether oxygens (including phenoxy) is 1. The highest BCUT2D eigenvalue weighted by atomic mass is 35.5. The maximum atomic E-state index is 13.4. The number of anilines is 1. The fraction of sp³-hybridized carbons (Fsp3) is 0.367. The van der Waals surface area contributed by atoms with Gasteiger partial charge in [-0.1, -0.05) is 29.8 Å². The van der Waals surface area contributed by atoms with Gasteiger partial charge in [0.05, 0.1) is 0 Å². The Labute approximate surface area is 222 Å². The lowest BCUT2D eigenvalue weighted by Crippen LogP contribution is -2.39. The fourth-order valence-corrected chi connectivity index (χ4v) is 6.01. The van der Waals surface area contributed by atoms with Crippen molar-refractivity contribution in [2.45, 2.75) is 58.3 Å². The van der Waals surface area contributed by atoms with Gasteiger partial charge < -0.3 is 15.0 Å². The summed E-state index contributed by atoms with van der Waals surface area (Å²) in [5.41, 5.74) is 5.73. The molecule has 1 N–H and O–H groups in total. The molecule has 37 heavy (non-hydrogen) atoms. The zero-order valence-electron chi connectivity index (χ0n) is 21.2. The number of ketones is 2. The van der Waals surface area contributed by atoms with Crippen LogP contribution in [-0.4, -0.2) is 35.5 Å². The number of hydrogen-bond acceptors (Lipinski definition) is 5. The molecule has 2 aromatic rings. The van der Waals surface area contributed by atoms with Gasteiger partial charge in [-0.25, -0.2) is 0 Å². The summed E-state index contributed by atoms with van der Waals surface area (Å²) >= 11 is 6.46. The van der Waals surface area contributed by atoms with Crippen LogP contribution in [0.25, 0.3) is 0 Å². The summed E-state index contributed by atoms with van der Waals surface area (Å²) in [6.07, 6.45) is 4.11. The first kappa shape index (κ1) is 25.3. The van der Waals surface area contributed by atoms with Crippen LogP contribution in [0, 0.1) is 6.92 Å². The minimum atomic E-state index is -0.540. The molecule has 0 fully saturated rings. The topological polar surface area (TPSA) is 75.7 Å². The zero-order valence-corrected chi connectivity index (χ0v) is 22.0.